The molecule has 0 radical (unpaired) electrons. The van der Waals surface area contributed by atoms with Gasteiger partial charge in [0.25, 0.3) is 0 Å². The molecule has 4 nitrogen and oxygen atoms in total. The fourth-order valence-corrected chi connectivity index (χ4v) is 9.03. The SMILES string of the molecule is c1ccc(N(c2ccc3c(c2)Oc2cccc4c2c-3cc2oc3cc(N(c5ccccc5)c5cccc6ccccc56)ccc3c24)c2cccc3ccccc23)cc1. The lowest BCUT2D eigenvalue weighted by molar-refractivity contribution is 0.487. The lowest BCUT2D eigenvalue weighted by Crippen LogP contribution is -2.11. The van der Waals surface area contributed by atoms with Gasteiger partial charge in [0.1, 0.15) is 22.7 Å². The van der Waals surface area contributed by atoms with E-state index in [1.54, 1.807) is 0 Å². The topological polar surface area (TPSA) is 28.9 Å². The van der Waals surface area contributed by atoms with Gasteiger partial charge in [-0.05, 0) is 89.0 Å². The van der Waals surface area contributed by atoms with Crippen LogP contribution in [0.3, 0.4) is 0 Å². The molecule has 0 aliphatic carbocycles. The molecule has 272 valence electrons. The first-order valence-corrected chi connectivity index (χ1v) is 19.7. The monoisotopic (exact) mass is 742 g/mol. The van der Waals surface area contributed by atoms with Crippen molar-refractivity contribution in [3.63, 3.8) is 0 Å². The lowest BCUT2D eigenvalue weighted by atomic mass is 9.92. The molecule has 0 atom stereocenters. The highest BCUT2D eigenvalue weighted by molar-refractivity contribution is 6.24. The zero-order valence-corrected chi connectivity index (χ0v) is 31.3. The third kappa shape index (κ3) is 5.02. The molecule has 10 aromatic carbocycles. The molecule has 1 aliphatic heterocycles. The predicted molar refractivity (Wildman–Crippen MR) is 241 cm³/mol. The minimum absolute atomic E-state index is 0.810. The van der Waals surface area contributed by atoms with Crippen molar-refractivity contribution in [2.24, 2.45) is 0 Å². The number of ether oxygens (including phenoxy) is 1. The van der Waals surface area contributed by atoms with Crippen molar-refractivity contribution in [3.05, 3.63) is 206 Å². The lowest BCUT2D eigenvalue weighted by Gasteiger charge is -2.29. The third-order valence-corrected chi connectivity index (χ3v) is 11.6. The number of para-hydroxylation sites is 2. The second kappa shape index (κ2) is 12.9. The number of furan rings is 1. The van der Waals surface area contributed by atoms with Gasteiger partial charge in [-0.3, -0.25) is 0 Å². The zero-order chi connectivity index (χ0) is 38.2. The minimum atomic E-state index is 0.810. The summed E-state index contributed by atoms with van der Waals surface area (Å²) in [5, 5.41) is 9.13. The number of benzene rings is 10. The van der Waals surface area contributed by atoms with Crippen LogP contribution in [0.15, 0.2) is 211 Å². The summed E-state index contributed by atoms with van der Waals surface area (Å²) in [6.07, 6.45) is 0. The summed E-state index contributed by atoms with van der Waals surface area (Å²) in [7, 11) is 0. The molecule has 0 saturated carbocycles. The van der Waals surface area contributed by atoms with Crippen LogP contribution in [0.1, 0.15) is 0 Å². The van der Waals surface area contributed by atoms with Gasteiger partial charge in [0.05, 0.1) is 11.4 Å². The molecule has 0 amide bonds. The van der Waals surface area contributed by atoms with Crippen LogP contribution in [0.4, 0.5) is 34.1 Å². The van der Waals surface area contributed by atoms with Gasteiger partial charge in [-0.1, -0.05) is 121 Å². The number of hydrogen-bond acceptors (Lipinski definition) is 4. The van der Waals surface area contributed by atoms with Gasteiger partial charge in [-0.15, -0.1) is 0 Å². The van der Waals surface area contributed by atoms with Gasteiger partial charge in [-0.2, -0.15) is 0 Å². The van der Waals surface area contributed by atoms with Crippen LogP contribution in [0.25, 0.3) is 65.4 Å². The predicted octanol–water partition coefficient (Wildman–Crippen LogP) is 15.8. The van der Waals surface area contributed by atoms with E-state index in [0.717, 1.165) is 89.5 Å². The molecular formula is C54H34N2O2. The van der Waals surface area contributed by atoms with Gasteiger partial charge >= 0.3 is 0 Å². The summed E-state index contributed by atoms with van der Waals surface area (Å²) in [6.45, 7) is 0. The minimum Gasteiger partial charge on any atom is -0.456 e. The van der Waals surface area contributed by atoms with E-state index in [2.05, 4.69) is 216 Å². The van der Waals surface area contributed by atoms with Crippen LogP contribution in [0.5, 0.6) is 11.5 Å². The molecule has 12 rings (SSSR count). The Labute approximate surface area is 335 Å². The molecule has 1 aromatic heterocycles. The van der Waals surface area contributed by atoms with Crippen LogP contribution in [0, 0.1) is 0 Å². The summed E-state index contributed by atoms with van der Waals surface area (Å²) in [5.74, 6) is 1.65. The standard InChI is InChI=1S/C54H34N2O2/c1-3-18-37(19-4-1)55(47-25-11-16-35-14-7-9-22-41(35)47)39-28-30-43-46-34-52-53(45-24-13-27-49(54(45)46)57-50(43)32-39)44-31-29-40(33-51(44)58-52)56(38-20-5-2-6-21-38)48-26-12-17-36-15-8-10-23-42(36)48/h1-34H. The molecular weight excluding hydrogens is 709 g/mol. The van der Waals surface area contributed by atoms with Gasteiger partial charge in [0, 0.05) is 72.9 Å². The molecule has 11 aromatic rings. The van der Waals surface area contributed by atoms with E-state index in [1.807, 2.05) is 0 Å². The normalized spacial score (nSPS) is 11.9. The molecule has 0 unspecified atom stereocenters. The summed E-state index contributed by atoms with van der Waals surface area (Å²) in [5.41, 5.74) is 10.2. The average molecular weight is 743 g/mol. The fraction of sp³-hybridized carbons (Fsp3) is 0. The first-order chi connectivity index (χ1) is 28.8. The van der Waals surface area contributed by atoms with E-state index in [1.165, 1.54) is 21.5 Å². The summed E-state index contributed by atoms with van der Waals surface area (Å²) >= 11 is 0. The van der Waals surface area contributed by atoms with Crippen molar-refractivity contribution in [2.75, 3.05) is 9.80 Å². The van der Waals surface area contributed by atoms with Crippen molar-refractivity contribution in [3.8, 4) is 22.6 Å². The maximum Gasteiger partial charge on any atom is 0.137 e. The maximum atomic E-state index is 6.87. The molecule has 0 spiro atoms. The molecule has 4 heteroatoms. The second-order valence-corrected chi connectivity index (χ2v) is 14.9. The van der Waals surface area contributed by atoms with Gasteiger partial charge in [0.15, 0.2) is 0 Å². The maximum absolute atomic E-state index is 6.87. The van der Waals surface area contributed by atoms with Crippen LogP contribution in [-0.4, -0.2) is 0 Å². The highest BCUT2D eigenvalue weighted by Crippen LogP contribution is 2.52. The Kier molecular flexibility index (Phi) is 7.20. The van der Waals surface area contributed by atoms with Gasteiger partial charge < -0.3 is 19.0 Å². The molecule has 0 N–H and O–H groups in total. The number of anilines is 6. The first kappa shape index (κ1) is 32.4. The van der Waals surface area contributed by atoms with Crippen molar-refractivity contribution >= 4 is 88.4 Å². The van der Waals surface area contributed by atoms with Crippen molar-refractivity contribution in [1.82, 2.24) is 0 Å². The average Bonchev–Trinajstić information content (AvgIpc) is 3.65. The fourth-order valence-electron chi connectivity index (χ4n) is 9.03. The Morgan fingerprint density at radius 3 is 1.53 bits per heavy atom. The van der Waals surface area contributed by atoms with Crippen LogP contribution < -0.4 is 14.5 Å². The molecule has 58 heavy (non-hydrogen) atoms. The van der Waals surface area contributed by atoms with Crippen molar-refractivity contribution < 1.29 is 9.15 Å². The van der Waals surface area contributed by atoms with Crippen LogP contribution in [0.2, 0.25) is 0 Å². The van der Waals surface area contributed by atoms with E-state index < -0.39 is 0 Å². The second-order valence-electron chi connectivity index (χ2n) is 14.9. The smallest absolute Gasteiger partial charge is 0.137 e. The Morgan fingerprint density at radius 1 is 0.310 bits per heavy atom. The quantitative estimate of drug-likeness (QED) is 0.170. The largest absolute Gasteiger partial charge is 0.456 e. The highest BCUT2D eigenvalue weighted by Gasteiger charge is 2.26. The van der Waals surface area contributed by atoms with Crippen molar-refractivity contribution in [2.45, 2.75) is 0 Å². The van der Waals surface area contributed by atoms with E-state index in [0.29, 0.717) is 0 Å². The molecule has 2 heterocycles. The number of rotatable bonds is 6. The van der Waals surface area contributed by atoms with E-state index in [-0.39, 0.29) is 0 Å². The Balaban J connectivity index is 1.02. The Bertz CT molecular complexity index is 3380. The van der Waals surface area contributed by atoms with Gasteiger partial charge in [0.2, 0.25) is 0 Å². The molecule has 0 fully saturated rings. The summed E-state index contributed by atoms with van der Waals surface area (Å²) < 4.78 is 13.7. The summed E-state index contributed by atoms with van der Waals surface area (Å²) in [4.78, 5) is 4.64. The Morgan fingerprint density at radius 2 is 0.862 bits per heavy atom. The number of hydrogen-bond donors (Lipinski definition) is 0. The number of nitrogens with zero attached hydrogens (tertiary/aromatic N) is 2. The van der Waals surface area contributed by atoms with E-state index >= 15 is 0 Å². The molecule has 0 saturated heterocycles. The van der Waals surface area contributed by atoms with Crippen LogP contribution >= 0.6 is 0 Å². The first-order valence-electron chi connectivity index (χ1n) is 19.7. The van der Waals surface area contributed by atoms with Crippen molar-refractivity contribution in [1.29, 1.82) is 0 Å². The third-order valence-electron chi connectivity index (χ3n) is 11.6. The van der Waals surface area contributed by atoms with E-state index in [4.69, 9.17) is 9.15 Å². The van der Waals surface area contributed by atoms with Gasteiger partial charge in [-0.25, -0.2) is 0 Å². The zero-order valence-electron chi connectivity index (χ0n) is 31.3. The summed E-state index contributed by atoms with van der Waals surface area (Å²) in [6, 6.07) is 72.9. The number of fused-ring (bicyclic) bond motifs is 8. The van der Waals surface area contributed by atoms with E-state index in [9.17, 15) is 0 Å². The molecule has 1 aliphatic rings. The van der Waals surface area contributed by atoms with Crippen LogP contribution in [-0.2, 0) is 0 Å². The highest BCUT2D eigenvalue weighted by atomic mass is 16.5. The molecule has 0 bridgehead atoms. The Hall–Kier alpha value is -7.82.